The molecule has 0 fully saturated rings. The van der Waals surface area contributed by atoms with Crippen molar-refractivity contribution in [3.8, 4) is 0 Å². The highest BCUT2D eigenvalue weighted by Crippen LogP contribution is 2.37. The highest BCUT2D eigenvalue weighted by Gasteiger charge is 2.32. The molecule has 2 N–H and O–H groups in total. The van der Waals surface area contributed by atoms with Crippen molar-refractivity contribution in [2.24, 2.45) is 10.7 Å². The molecule has 0 saturated carbocycles. The summed E-state index contributed by atoms with van der Waals surface area (Å²) in [5.74, 6) is -0.149. The first-order valence-electron chi connectivity index (χ1n) is 7.65. The molecule has 1 atom stereocenters. The lowest BCUT2D eigenvalue weighted by atomic mass is 9.88. The maximum absolute atomic E-state index is 14.4. The van der Waals surface area contributed by atoms with E-state index in [0.717, 1.165) is 5.75 Å². The summed E-state index contributed by atoms with van der Waals surface area (Å²) >= 11 is 7.21. The van der Waals surface area contributed by atoms with Gasteiger partial charge in [0.15, 0.2) is 5.17 Å². The van der Waals surface area contributed by atoms with Gasteiger partial charge in [-0.05, 0) is 49.2 Å². The summed E-state index contributed by atoms with van der Waals surface area (Å²) in [5.41, 5.74) is 6.15. The molecule has 7 heteroatoms. The number of thioether (sulfide) groups is 1. The average molecular weight is 380 g/mol. The van der Waals surface area contributed by atoms with Crippen molar-refractivity contribution in [2.75, 3.05) is 5.75 Å². The molecule has 1 aliphatic rings. The molecular weight excluding hydrogens is 364 g/mol. The standard InChI is InChI=1S/C18H16ClF2N3S/c1-18(6-7-25-17(22)24-18)13-8-11(2-4-14(13)20)9-15(21)16-5-3-12(19)10-23-16/h2-5,8-10H,6-7H2,1H3,(H2,22,24)/b15-9-/t18-/m0/s1. The van der Waals surface area contributed by atoms with Crippen LogP contribution in [0.2, 0.25) is 5.02 Å². The molecular formula is C18H16ClF2N3S. The van der Waals surface area contributed by atoms with E-state index in [9.17, 15) is 8.78 Å². The smallest absolute Gasteiger partial charge is 0.154 e. The maximum atomic E-state index is 14.4. The third-order valence-electron chi connectivity index (χ3n) is 4.03. The van der Waals surface area contributed by atoms with Crippen LogP contribution in [0.25, 0.3) is 11.9 Å². The van der Waals surface area contributed by atoms with Gasteiger partial charge >= 0.3 is 0 Å². The van der Waals surface area contributed by atoms with E-state index in [0.29, 0.717) is 27.7 Å². The Morgan fingerprint density at radius 1 is 1.36 bits per heavy atom. The Bertz CT molecular complexity index is 852. The van der Waals surface area contributed by atoms with Gasteiger partial charge in [-0.25, -0.2) is 8.78 Å². The topological polar surface area (TPSA) is 51.3 Å². The number of hydrogen-bond donors (Lipinski definition) is 1. The molecule has 130 valence electrons. The first-order valence-corrected chi connectivity index (χ1v) is 9.01. The summed E-state index contributed by atoms with van der Waals surface area (Å²) in [6.07, 6.45) is 3.34. The molecule has 0 unspecified atom stereocenters. The van der Waals surface area contributed by atoms with Crippen molar-refractivity contribution in [2.45, 2.75) is 18.9 Å². The Morgan fingerprint density at radius 2 is 2.16 bits per heavy atom. The van der Waals surface area contributed by atoms with Crippen LogP contribution in [0.1, 0.15) is 30.2 Å². The van der Waals surface area contributed by atoms with Crippen LogP contribution in [0.3, 0.4) is 0 Å². The zero-order valence-corrected chi connectivity index (χ0v) is 15.0. The molecule has 0 spiro atoms. The molecule has 0 amide bonds. The van der Waals surface area contributed by atoms with E-state index in [1.165, 1.54) is 42.2 Å². The van der Waals surface area contributed by atoms with E-state index in [1.807, 2.05) is 6.92 Å². The van der Waals surface area contributed by atoms with Gasteiger partial charge in [0.2, 0.25) is 0 Å². The highest BCUT2D eigenvalue weighted by atomic mass is 35.5. The Kier molecular flexibility index (Phi) is 5.11. The van der Waals surface area contributed by atoms with Gasteiger partial charge < -0.3 is 5.73 Å². The van der Waals surface area contributed by atoms with E-state index in [1.54, 1.807) is 12.1 Å². The van der Waals surface area contributed by atoms with E-state index in [-0.39, 0.29) is 11.5 Å². The summed E-state index contributed by atoms with van der Waals surface area (Å²) in [4.78, 5) is 8.35. The average Bonchev–Trinajstić information content (AvgIpc) is 2.57. The second kappa shape index (κ2) is 7.14. The predicted octanol–water partition coefficient (Wildman–Crippen LogP) is 5.01. The van der Waals surface area contributed by atoms with Crippen LogP contribution in [-0.2, 0) is 5.54 Å². The fraction of sp³-hybridized carbons (Fsp3) is 0.222. The molecule has 0 bridgehead atoms. The first-order chi connectivity index (χ1) is 11.9. The second-order valence-corrected chi connectivity index (χ2v) is 7.47. The number of hydrogen-bond acceptors (Lipinski definition) is 4. The third kappa shape index (κ3) is 4.02. The van der Waals surface area contributed by atoms with E-state index >= 15 is 0 Å². The minimum absolute atomic E-state index is 0.165. The molecule has 1 aromatic heterocycles. The lowest BCUT2D eigenvalue weighted by Crippen LogP contribution is -2.29. The molecule has 25 heavy (non-hydrogen) atoms. The van der Waals surface area contributed by atoms with Crippen molar-refractivity contribution in [1.82, 2.24) is 4.98 Å². The summed E-state index contributed by atoms with van der Waals surface area (Å²) in [5, 5.41) is 0.866. The molecule has 1 aromatic carbocycles. The minimum Gasteiger partial charge on any atom is -0.379 e. The lowest BCUT2D eigenvalue weighted by Gasteiger charge is -2.30. The van der Waals surface area contributed by atoms with Crippen molar-refractivity contribution in [3.05, 3.63) is 64.2 Å². The van der Waals surface area contributed by atoms with Gasteiger partial charge in [0.25, 0.3) is 0 Å². The Morgan fingerprint density at radius 3 is 2.84 bits per heavy atom. The number of nitrogens with zero attached hydrogens (tertiary/aromatic N) is 2. The molecule has 0 aliphatic carbocycles. The van der Waals surface area contributed by atoms with Crippen LogP contribution in [0.15, 0.2) is 41.5 Å². The van der Waals surface area contributed by atoms with Gasteiger partial charge in [0.1, 0.15) is 11.6 Å². The SMILES string of the molecule is C[C@@]1(c2cc(/C=C(\F)c3ccc(Cl)cn3)ccc2F)CCSC(N)=N1. The van der Waals surface area contributed by atoms with Crippen LogP contribution < -0.4 is 5.73 Å². The Balaban J connectivity index is 1.98. The van der Waals surface area contributed by atoms with Gasteiger partial charge in [0, 0.05) is 17.5 Å². The van der Waals surface area contributed by atoms with Crippen LogP contribution in [0, 0.1) is 5.82 Å². The molecule has 3 nitrogen and oxygen atoms in total. The van der Waals surface area contributed by atoms with Crippen LogP contribution in [-0.4, -0.2) is 15.9 Å². The summed E-state index contributed by atoms with van der Waals surface area (Å²) in [6, 6.07) is 7.50. The van der Waals surface area contributed by atoms with Crippen molar-refractivity contribution in [1.29, 1.82) is 0 Å². The van der Waals surface area contributed by atoms with Crippen LogP contribution >= 0.6 is 23.4 Å². The van der Waals surface area contributed by atoms with Gasteiger partial charge in [-0.15, -0.1) is 0 Å². The van der Waals surface area contributed by atoms with Crippen molar-refractivity contribution >= 4 is 40.4 Å². The number of benzene rings is 1. The molecule has 1 aliphatic heterocycles. The quantitative estimate of drug-likeness (QED) is 0.815. The Labute approximate surface area is 154 Å². The number of nitrogens with two attached hydrogens (primary N) is 1. The number of amidine groups is 1. The zero-order chi connectivity index (χ0) is 18.0. The molecule has 0 saturated heterocycles. The molecule has 3 rings (SSSR count). The molecule has 2 heterocycles. The van der Waals surface area contributed by atoms with Gasteiger partial charge in [0.05, 0.1) is 16.3 Å². The fourth-order valence-electron chi connectivity index (χ4n) is 2.66. The number of aromatic nitrogens is 1. The molecule has 2 aromatic rings. The van der Waals surface area contributed by atoms with Crippen LogP contribution in [0.4, 0.5) is 8.78 Å². The number of aliphatic imine (C=N–C) groups is 1. The van der Waals surface area contributed by atoms with Gasteiger partial charge in [-0.1, -0.05) is 29.4 Å². The third-order valence-corrected chi connectivity index (χ3v) is 5.05. The van der Waals surface area contributed by atoms with Gasteiger partial charge in [-0.2, -0.15) is 0 Å². The Hall–Kier alpha value is -1.92. The fourth-order valence-corrected chi connectivity index (χ4v) is 3.75. The number of pyridine rings is 1. The second-order valence-electron chi connectivity index (χ2n) is 5.92. The van der Waals surface area contributed by atoms with Crippen LogP contribution in [0.5, 0.6) is 0 Å². The predicted molar refractivity (Wildman–Crippen MR) is 101 cm³/mol. The number of halogens is 3. The highest BCUT2D eigenvalue weighted by molar-refractivity contribution is 8.13. The normalized spacial score (nSPS) is 21.1. The molecule has 0 radical (unpaired) electrons. The number of rotatable bonds is 3. The monoisotopic (exact) mass is 379 g/mol. The summed E-state index contributed by atoms with van der Waals surface area (Å²) in [6.45, 7) is 1.84. The summed E-state index contributed by atoms with van der Waals surface area (Å²) < 4.78 is 28.8. The van der Waals surface area contributed by atoms with E-state index < -0.39 is 11.4 Å². The van der Waals surface area contributed by atoms with E-state index in [2.05, 4.69) is 9.98 Å². The van der Waals surface area contributed by atoms with Gasteiger partial charge in [-0.3, -0.25) is 9.98 Å². The lowest BCUT2D eigenvalue weighted by molar-refractivity contribution is 0.450. The minimum atomic E-state index is -0.752. The maximum Gasteiger partial charge on any atom is 0.154 e. The first kappa shape index (κ1) is 17.9. The largest absolute Gasteiger partial charge is 0.379 e. The zero-order valence-electron chi connectivity index (χ0n) is 13.5. The van der Waals surface area contributed by atoms with E-state index in [4.69, 9.17) is 17.3 Å². The van der Waals surface area contributed by atoms with Crippen molar-refractivity contribution < 1.29 is 8.78 Å². The summed E-state index contributed by atoms with van der Waals surface area (Å²) in [7, 11) is 0. The van der Waals surface area contributed by atoms with Crippen molar-refractivity contribution in [3.63, 3.8) is 0 Å².